The van der Waals surface area contributed by atoms with Crippen molar-refractivity contribution in [2.45, 2.75) is 23.1 Å². The van der Waals surface area contributed by atoms with Crippen LogP contribution < -0.4 is 0 Å². The first-order valence-electron chi connectivity index (χ1n) is 6.78. The molecule has 9 atom stereocenters. The highest BCUT2D eigenvalue weighted by Gasteiger charge is 3.09. The lowest BCUT2D eigenvalue weighted by Crippen LogP contribution is -2.50. The first kappa shape index (κ1) is 9.29. The summed E-state index contributed by atoms with van der Waals surface area (Å²) in [5, 5.41) is 10.2. The number of aliphatic hydroxyl groups is 1. The van der Waals surface area contributed by atoms with Gasteiger partial charge in [0.1, 0.15) is 0 Å². The summed E-state index contributed by atoms with van der Waals surface area (Å²) in [5.74, 6) is 3.79. The van der Waals surface area contributed by atoms with Crippen LogP contribution in [0.4, 0.5) is 0 Å². The van der Waals surface area contributed by atoms with Crippen LogP contribution in [0.1, 0.15) is 6.92 Å². The van der Waals surface area contributed by atoms with E-state index in [0.717, 1.165) is 31.0 Å². The van der Waals surface area contributed by atoms with Crippen LogP contribution in [-0.4, -0.2) is 34.5 Å². The normalized spacial score (nSPS) is 75.7. The van der Waals surface area contributed by atoms with Crippen LogP contribution in [0, 0.1) is 40.9 Å². The predicted molar refractivity (Wildman–Crippen MR) is 61.3 cm³/mol. The van der Waals surface area contributed by atoms with Gasteiger partial charge >= 0.3 is 0 Å². The summed E-state index contributed by atoms with van der Waals surface area (Å²) < 4.78 is 12.2. The smallest absolute Gasteiger partial charge is 0.187 e. The molecule has 1 N–H and O–H groups in total. The van der Waals surface area contributed by atoms with Gasteiger partial charge in [0, 0.05) is 11.3 Å². The summed E-state index contributed by atoms with van der Waals surface area (Å²) in [7, 11) is 0. The maximum absolute atomic E-state index is 10.2. The van der Waals surface area contributed by atoms with E-state index in [9.17, 15) is 5.11 Å². The molecular formula is C13H15BrO3. The SMILES string of the molecule is CC(O)C12C3C4C5C1C2C(Br)(C43)C51OCCO1. The van der Waals surface area contributed by atoms with Crippen molar-refractivity contribution in [1.29, 1.82) is 0 Å². The van der Waals surface area contributed by atoms with Gasteiger partial charge in [-0.25, -0.2) is 0 Å². The van der Waals surface area contributed by atoms with Gasteiger partial charge in [0.25, 0.3) is 0 Å². The molecule has 0 aromatic rings. The summed E-state index contributed by atoms with van der Waals surface area (Å²) in [6.45, 7) is 3.49. The molecule has 1 aliphatic heterocycles. The molecule has 17 heavy (non-hydrogen) atoms. The van der Waals surface area contributed by atoms with Gasteiger partial charge in [-0.15, -0.1) is 0 Å². The van der Waals surface area contributed by atoms with Crippen molar-refractivity contribution in [1.82, 2.24) is 0 Å². The summed E-state index contributed by atoms with van der Waals surface area (Å²) in [4.78, 5) is 0. The Balaban J connectivity index is 1.60. The molecule has 0 radical (unpaired) electrons. The number of ether oxygens (including phenoxy) is 2. The largest absolute Gasteiger partial charge is 0.393 e. The molecule has 6 aliphatic carbocycles. The molecule has 9 unspecified atom stereocenters. The molecule has 1 spiro atoms. The molecule has 92 valence electrons. The van der Waals surface area contributed by atoms with E-state index in [2.05, 4.69) is 15.9 Å². The van der Waals surface area contributed by atoms with Crippen molar-refractivity contribution >= 4 is 15.9 Å². The molecular weight excluding hydrogens is 284 g/mol. The Morgan fingerprint density at radius 1 is 1.18 bits per heavy atom. The standard InChI is InChI=1S/C13H15BrO3/c1-4(15)11-6-5-7(6)12(14)10(11)9(11)8(5)13(12)16-2-3-17-13/h4-10,15H,2-3H2,1H3. The number of alkyl halides is 1. The van der Waals surface area contributed by atoms with Crippen molar-refractivity contribution in [2.24, 2.45) is 40.9 Å². The molecule has 2 bridgehead atoms. The second-order valence-corrected chi connectivity index (χ2v) is 8.28. The molecule has 7 aliphatic rings. The number of hydrogen-bond donors (Lipinski definition) is 1. The van der Waals surface area contributed by atoms with E-state index in [-0.39, 0.29) is 21.6 Å². The molecule has 7 fully saturated rings. The highest BCUT2D eigenvalue weighted by Crippen LogP contribution is 3.05. The molecule has 4 heteroatoms. The molecule has 6 saturated carbocycles. The van der Waals surface area contributed by atoms with E-state index in [1.54, 1.807) is 0 Å². The zero-order chi connectivity index (χ0) is 11.4. The highest BCUT2D eigenvalue weighted by atomic mass is 79.9. The fraction of sp³-hybridized carbons (Fsp3) is 1.00. The topological polar surface area (TPSA) is 38.7 Å². The van der Waals surface area contributed by atoms with Crippen LogP contribution in [0.15, 0.2) is 0 Å². The van der Waals surface area contributed by atoms with Crippen molar-refractivity contribution in [3.8, 4) is 0 Å². The molecule has 7 rings (SSSR count). The maximum atomic E-state index is 10.2. The second kappa shape index (κ2) is 2.05. The Morgan fingerprint density at radius 3 is 2.29 bits per heavy atom. The van der Waals surface area contributed by atoms with Crippen molar-refractivity contribution in [2.75, 3.05) is 13.2 Å². The van der Waals surface area contributed by atoms with Crippen LogP contribution in [0.3, 0.4) is 0 Å². The lowest BCUT2D eigenvalue weighted by molar-refractivity contribution is -0.193. The van der Waals surface area contributed by atoms with E-state index >= 15 is 0 Å². The van der Waals surface area contributed by atoms with Gasteiger partial charge in [-0.05, 0) is 36.5 Å². The molecule has 3 nitrogen and oxygen atoms in total. The third kappa shape index (κ3) is 0.522. The summed E-state index contributed by atoms with van der Waals surface area (Å²) in [5.41, 5.74) is 0.240. The van der Waals surface area contributed by atoms with Gasteiger partial charge in [-0.1, -0.05) is 15.9 Å². The zero-order valence-electron chi connectivity index (χ0n) is 9.60. The van der Waals surface area contributed by atoms with Crippen LogP contribution in [0.2, 0.25) is 0 Å². The van der Waals surface area contributed by atoms with E-state index in [4.69, 9.17) is 9.47 Å². The summed E-state index contributed by atoms with van der Waals surface area (Å²) in [6, 6.07) is 0. The molecule has 0 aromatic heterocycles. The number of aliphatic hydroxyl groups excluding tert-OH is 1. The zero-order valence-corrected chi connectivity index (χ0v) is 11.2. The number of hydrogen-bond acceptors (Lipinski definition) is 3. The third-order valence-corrected chi connectivity index (χ3v) is 8.75. The van der Waals surface area contributed by atoms with Gasteiger partial charge in [0.15, 0.2) is 5.79 Å². The Labute approximate surface area is 108 Å². The monoisotopic (exact) mass is 298 g/mol. The Bertz CT molecular complexity index is 473. The quantitative estimate of drug-likeness (QED) is 0.734. The summed E-state index contributed by atoms with van der Waals surface area (Å²) >= 11 is 4.05. The minimum Gasteiger partial charge on any atom is -0.393 e. The van der Waals surface area contributed by atoms with E-state index in [1.165, 1.54) is 0 Å². The van der Waals surface area contributed by atoms with Gasteiger partial charge in [-0.2, -0.15) is 0 Å². The van der Waals surface area contributed by atoms with Crippen LogP contribution in [0.5, 0.6) is 0 Å². The maximum Gasteiger partial charge on any atom is 0.187 e. The minimum absolute atomic E-state index is 0.0398. The van der Waals surface area contributed by atoms with Crippen molar-refractivity contribution in [3.05, 3.63) is 0 Å². The molecule has 1 saturated heterocycles. The molecule has 0 amide bonds. The first-order valence-corrected chi connectivity index (χ1v) is 7.57. The van der Waals surface area contributed by atoms with Crippen LogP contribution >= 0.6 is 15.9 Å². The Kier molecular flexibility index (Phi) is 1.12. The average molecular weight is 299 g/mol. The summed E-state index contributed by atoms with van der Waals surface area (Å²) in [6.07, 6.45) is -0.154. The van der Waals surface area contributed by atoms with Gasteiger partial charge in [0.2, 0.25) is 0 Å². The average Bonchev–Trinajstić information content (AvgIpc) is 2.97. The van der Waals surface area contributed by atoms with E-state index in [1.807, 2.05) is 6.92 Å². The fourth-order valence-corrected chi connectivity index (χ4v) is 9.06. The molecule has 1 heterocycles. The predicted octanol–water partition coefficient (Wildman–Crippen LogP) is 0.996. The van der Waals surface area contributed by atoms with Crippen molar-refractivity contribution < 1.29 is 14.6 Å². The van der Waals surface area contributed by atoms with Gasteiger partial charge in [-0.3, -0.25) is 0 Å². The third-order valence-electron chi connectivity index (χ3n) is 7.17. The van der Waals surface area contributed by atoms with Gasteiger partial charge in [0.05, 0.1) is 23.6 Å². The first-order chi connectivity index (χ1) is 8.13. The second-order valence-electron chi connectivity index (χ2n) is 6.97. The number of halogens is 1. The van der Waals surface area contributed by atoms with E-state index < -0.39 is 0 Å². The Hall–Kier alpha value is 0.360. The number of rotatable bonds is 1. The Morgan fingerprint density at radius 2 is 1.88 bits per heavy atom. The fourth-order valence-electron chi connectivity index (χ4n) is 7.30. The lowest BCUT2D eigenvalue weighted by atomic mass is 9.90. The van der Waals surface area contributed by atoms with Crippen molar-refractivity contribution in [3.63, 3.8) is 0 Å². The van der Waals surface area contributed by atoms with Crippen LogP contribution in [0.25, 0.3) is 0 Å². The minimum atomic E-state index is -0.316. The highest BCUT2D eigenvalue weighted by molar-refractivity contribution is 9.10. The lowest BCUT2D eigenvalue weighted by Gasteiger charge is -2.38. The van der Waals surface area contributed by atoms with Crippen LogP contribution in [-0.2, 0) is 9.47 Å². The van der Waals surface area contributed by atoms with Gasteiger partial charge < -0.3 is 14.6 Å². The van der Waals surface area contributed by atoms with E-state index in [0.29, 0.717) is 17.8 Å². The molecule has 0 aromatic carbocycles.